The first-order chi connectivity index (χ1) is 12.5. The summed E-state index contributed by atoms with van der Waals surface area (Å²) in [5, 5.41) is 14.1. The number of fused-ring (bicyclic) bond motifs is 1. The molecule has 2 aliphatic heterocycles. The monoisotopic (exact) mass is 361 g/mol. The Morgan fingerprint density at radius 1 is 1.27 bits per heavy atom. The smallest absolute Gasteiger partial charge is 0.313 e. The minimum absolute atomic E-state index is 0.0235. The second kappa shape index (κ2) is 6.68. The maximum Gasteiger partial charge on any atom is 0.313 e. The summed E-state index contributed by atoms with van der Waals surface area (Å²) in [6.45, 7) is 4.07. The lowest BCUT2D eigenvalue weighted by molar-refractivity contribution is -0.149. The maximum absolute atomic E-state index is 12.0. The van der Waals surface area contributed by atoms with Gasteiger partial charge in [0.1, 0.15) is 5.41 Å². The number of aromatic nitrogens is 1. The lowest BCUT2D eigenvalue weighted by atomic mass is 9.81. The quantitative estimate of drug-likeness (QED) is 0.884. The van der Waals surface area contributed by atoms with Crippen LogP contribution in [0.3, 0.4) is 0 Å². The molecule has 0 spiro atoms. The van der Waals surface area contributed by atoms with Crippen molar-refractivity contribution in [1.29, 1.82) is 0 Å². The molecule has 0 bridgehead atoms. The van der Waals surface area contributed by atoms with Gasteiger partial charge in [-0.2, -0.15) is 0 Å². The van der Waals surface area contributed by atoms with E-state index in [0.717, 1.165) is 11.5 Å². The summed E-state index contributed by atoms with van der Waals surface area (Å²) in [5.41, 5.74) is 0.201. The first-order valence-electron chi connectivity index (χ1n) is 9.65. The lowest BCUT2D eigenvalue weighted by Gasteiger charge is -2.24. The average Bonchev–Trinajstić information content (AvgIpc) is 3.28. The van der Waals surface area contributed by atoms with E-state index in [1.165, 1.54) is 39.0 Å². The van der Waals surface area contributed by atoms with Crippen LogP contribution in [0.5, 0.6) is 0 Å². The van der Waals surface area contributed by atoms with Crippen LogP contribution in [-0.4, -0.2) is 58.1 Å². The second-order valence-corrected chi connectivity index (χ2v) is 8.28. The third kappa shape index (κ3) is 3.02. The number of amides is 1. The van der Waals surface area contributed by atoms with Gasteiger partial charge < -0.3 is 14.5 Å². The summed E-state index contributed by atoms with van der Waals surface area (Å²) < 4.78 is 5.55. The number of nitrogens with zero attached hydrogens (tertiary/aromatic N) is 3. The Morgan fingerprint density at radius 3 is 2.69 bits per heavy atom. The molecule has 2 saturated heterocycles. The molecule has 142 valence electrons. The normalized spacial score (nSPS) is 29.9. The highest BCUT2D eigenvalue weighted by Crippen LogP contribution is 2.43. The number of carbonyl (C=O) groups excluding carboxylic acids is 1. The van der Waals surface area contributed by atoms with Crippen LogP contribution in [0.4, 0.5) is 0 Å². The molecule has 3 aliphatic rings. The van der Waals surface area contributed by atoms with Crippen LogP contribution < -0.4 is 0 Å². The molecule has 3 heterocycles. The minimum Gasteiger partial charge on any atom is -0.481 e. The van der Waals surface area contributed by atoms with Crippen molar-refractivity contribution in [3.8, 4) is 0 Å². The summed E-state index contributed by atoms with van der Waals surface area (Å²) in [7, 11) is 0. The molecule has 4 rings (SSSR count). The number of carboxylic acid groups (broad SMARTS) is 1. The highest BCUT2D eigenvalue weighted by Gasteiger charge is 2.58. The molecule has 1 N–H and O–H groups in total. The highest BCUT2D eigenvalue weighted by molar-refractivity contribution is 5.80. The molecule has 0 aromatic carbocycles. The molecule has 26 heavy (non-hydrogen) atoms. The molecule has 1 amide bonds. The Morgan fingerprint density at radius 2 is 2.04 bits per heavy atom. The van der Waals surface area contributed by atoms with E-state index in [4.69, 9.17) is 4.52 Å². The topological polar surface area (TPSA) is 86.9 Å². The Hall–Kier alpha value is -1.89. The van der Waals surface area contributed by atoms with Gasteiger partial charge in [0, 0.05) is 51.0 Å². The fraction of sp³-hybridized carbons (Fsp3) is 0.737. The summed E-state index contributed by atoms with van der Waals surface area (Å²) in [6, 6.07) is 2.05. The number of aliphatic carboxylic acids is 1. The first kappa shape index (κ1) is 17.5. The molecule has 1 aliphatic carbocycles. The van der Waals surface area contributed by atoms with E-state index in [1.807, 2.05) is 0 Å². The van der Waals surface area contributed by atoms with Gasteiger partial charge in [-0.1, -0.05) is 24.4 Å². The number of carbonyl (C=O) groups is 2. The Balaban J connectivity index is 1.42. The van der Waals surface area contributed by atoms with Gasteiger partial charge in [0.15, 0.2) is 5.76 Å². The fourth-order valence-corrected chi connectivity index (χ4v) is 5.05. The van der Waals surface area contributed by atoms with Gasteiger partial charge in [-0.3, -0.25) is 14.5 Å². The molecule has 3 fully saturated rings. The Labute approximate surface area is 153 Å². The maximum atomic E-state index is 12.0. The van der Waals surface area contributed by atoms with Crippen LogP contribution in [0, 0.1) is 11.3 Å². The van der Waals surface area contributed by atoms with Crippen LogP contribution in [-0.2, 0) is 16.1 Å². The third-order valence-corrected chi connectivity index (χ3v) is 6.53. The summed E-state index contributed by atoms with van der Waals surface area (Å²) in [5.74, 6) is 0.459. The van der Waals surface area contributed by atoms with Crippen molar-refractivity contribution in [2.45, 2.75) is 51.5 Å². The number of rotatable bonds is 4. The standard InChI is InChI=1S/C19H27N3O4/c1-13(23)22-9-15-8-21(11-19(15,12-22)18(24)25)10-16-7-17(20-26-16)14-5-3-2-4-6-14/h7,14-15H,2-6,8-12H2,1H3,(H,24,25)/t15-,19-/m1/s1. The van der Waals surface area contributed by atoms with Crippen molar-refractivity contribution >= 4 is 11.9 Å². The first-order valence-corrected chi connectivity index (χ1v) is 9.65. The van der Waals surface area contributed by atoms with Gasteiger partial charge in [0.2, 0.25) is 5.91 Å². The van der Waals surface area contributed by atoms with E-state index in [0.29, 0.717) is 38.6 Å². The molecular weight excluding hydrogens is 334 g/mol. The Kier molecular flexibility index (Phi) is 4.50. The van der Waals surface area contributed by atoms with Crippen LogP contribution >= 0.6 is 0 Å². The van der Waals surface area contributed by atoms with Crippen molar-refractivity contribution in [3.63, 3.8) is 0 Å². The molecule has 1 saturated carbocycles. The van der Waals surface area contributed by atoms with Crippen molar-refractivity contribution in [3.05, 3.63) is 17.5 Å². The molecular formula is C19H27N3O4. The van der Waals surface area contributed by atoms with Crippen molar-refractivity contribution in [1.82, 2.24) is 15.0 Å². The van der Waals surface area contributed by atoms with Crippen LogP contribution in [0.25, 0.3) is 0 Å². The summed E-state index contributed by atoms with van der Waals surface area (Å²) >= 11 is 0. The number of hydrogen-bond donors (Lipinski definition) is 1. The van der Waals surface area contributed by atoms with Crippen LogP contribution in [0.15, 0.2) is 10.6 Å². The van der Waals surface area contributed by atoms with E-state index in [1.54, 1.807) is 4.90 Å². The number of carboxylic acids is 1. The molecule has 7 nitrogen and oxygen atoms in total. The van der Waals surface area contributed by atoms with Crippen LogP contribution in [0.1, 0.15) is 56.4 Å². The van der Waals surface area contributed by atoms with Crippen LogP contribution in [0.2, 0.25) is 0 Å². The molecule has 7 heteroatoms. The van der Waals surface area contributed by atoms with Crippen molar-refractivity contribution in [2.24, 2.45) is 11.3 Å². The van der Waals surface area contributed by atoms with Crippen molar-refractivity contribution in [2.75, 3.05) is 26.2 Å². The fourth-order valence-electron chi connectivity index (χ4n) is 5.05. The molecule has 0 unspecified atom stereocenters. The van der Waals surface area contributed by atoms with E-state index in [-0.39, 0.29) is 11.8 Å². The number of hydrogen-bond acceptors (Lipinski definition) is 5. The van der Waals surface area contributed by atoms with Crippen molar-refractivity contribution < 1.29 is 19.2 Å². The SMILES string of the molecule is CC(=O)N1C[C@H]2CN(Cc3cc(C4CCCCC4)no3)C[C@@]2(C(=O)O)C1. The average molecular weight is 361 g/mol. The van der Waals surface area contributed by atoms with E-state index in [9.17, 15) is 14.7 Å². The van der Waals surface area contributed by atoms with Gasteiger partial charge in [-0.15, -0.1) is 0 Å². The third-order valence-electron chi connectivity index (χ3n) is 6.53. The minimum atomic E-state index is -0.849. The zero-order valence-electron chi connectivity index (χ0n) is 15.3. The Bertz CT molecular complexity index is 697. The summed E-state index contributed by atoms with van der Waals surface area (Å²) in [4.78, 5) is 27.5. The lowest BCUT2D eigenvalue weighted by Crippen LogP contribution is -2.41. The molecule has 2 atom stereocenters. The second-order valence-electron chi connectivity index (χ2n) is 8.28. The van der Waals surface area contributed by atoms with Gasteiger partial charge >= 0.3 is 5.97 Å². The molecule has 1 aromatic rings. The van der Waals surface area contributed by atoms with Gasteiger partial charge in [-0.25, -0.2) is 0 Å². The van der Waals surface area contributed by atoms with E-state index >= 15 is 0 Å². The predicted molar refractivity (Wildman–Crippen MR) is 93.4 cm³/mol. The zero-order chi connectivity index (χ0) is 18.3. The number of likely N-dealkylation sites (tertiary alicyclic amines) is 2. The molecule has 1 aromatic heterocycles. The van der Waals surface area contributed by atoms with Gasteiger partial charge in [-0.05, 0) is 12.8 Å². The highest BCUT2D eigenvalue weighted by atomic mass is 16.5. The summed E-state index contributed by atoms with van der Waals surface area (Å²) in [6.07, 6.45) is 6.19. The largest absolute Gasteiger partial charge is 0.481 e. The molecule has 0 radical (unpaired) electrons. The predicted octanol–water partition coefficient (Wildman–Crippen LogP) is 2.09. The van der Waals surface area contributed by atoms with E-state index < -0.39 is 11.4 Å². The van der Waals surface area contributed by atoms with E-state index in [2.05, 4.69) is 16.1 Å². The zero-order valence-corrected chi connectivity index (χ0v) is 15.3. The van der Waals surface area contributed by atoms with Gasteiger partial charge in [0.05, 0.1) is 12.2 Å². The van der Waals surface area contributed by atoms with Gasteiger partial charge in [0.25, 0.3) is 0 Å².